The molecule has 0 saturated carbocycles. The van der Waals surface area contributed by atoms with Crippen LogP contribution >= 0.6 is 11.6 Å². The topological polar surface area (TPSA) is 50.3 Å². The largest absolute Gasteiger partial charge is 0.402 e. The van der Waals surface area contributed by atoms with Crippen molar-refractivity contribution in [2.45, 2.75) is 24.4 Å². The Bertz CT molecular complexity index is 534. The molecule has 0 aromatic carbocycles. The van der Waals surface area contributed by atoms with Crippen molar-refractivity contribution in [2.75, 3.05) is 13.1 Å². The SMILES string of the molecule is CCCN(CC(F)(F)F)S(=O)(=O)c1cnccc1Cl. The van der Waals surface area contributed by atoms with Gasteiger partial charge in [-0.05, 0) is 12.5 Å². The Kier molecular flexibility index (Phi) is 5.17. The van der Waals surface area contributed by atoms with E-state index in [-0.39, 0.29) is 18.0 Å². The average molecular weight is 317 g/mol. The van der Waals surface area contributed by atoms with Crippen LogP contribution in [0.4, 0.5) is 13.2 Å². The van der Waals surface area contributed by atoms with Crippen LogP contribution in [-0.4, -0.2) is 37.0 Å². The van der Waals surface area contributed by atoms with Gasteiger partial charge in [-0.25, -0.2) is 8.42 Å². The van der Waals surface area contributed by atoms with Crippen molar-refractivity contribution in [1.82, 2.24) is 9.29 Å². The van der Waals surface area contributed by atoms with E-state index in [0.717, 1.165) is 6.20 Å². The van der Waals surface area contributed by atoms with Crippen molar-refractivity contribution in [3.05, 3.63) is 23.5 Å². The highest BCUT2D eigenvalue weighted by Gasteiger charge is 2.37. The maximum Gasteiger partial charge on any atom is 0.402 e. The van der Waals surface area contributed by atoms with Gasteiger partial charge in [0.15, 0.2) is 0 Å². The fraction of sp³-hybridized carbons (Fsp3) is 0.500. The molecule has 0 radical (unpaired) electrons. The molecule has 0 aliphatic carbocycles. The summed E-state index contributed by atoms with van der Waals surface area (Å²) in [6.07, 6.45) is -2.16. The van der Waals surface area contributed by atoms with Gasteiger partial charge >= 0.3 is 6.18 Å². The van der Waals surface area contributed by atoms with Gasteiger partial charge < -0.3 is 0 Å². The molecule has 9 heteroatoms. The first-order valence-corrected chi connectivity index (χ1v) is 7.16. The highest BCUT2D eigenvalue weighted by atomic mass is 35.5. The van der Waals surface area contributed by atoms with Gasteiger partial charge in [0, 0.05) is 18.9 Å². The second-order valence-corrected chi connectivity index (χ2v) is 6.07. The van der Waals surface area contributed by atoms with Crippen LogP contribution in [0, 0.1) is 0 Å². The second-order valence-electron chi connectivity index (χ2n) is 3.76. The molecule has 0 N–H and O–H groups in total. The van der Waals surface area contributed by atoms with Gasteiger partial charge in [-0.3, -0.25) is 4.98 Å². The number of aromatic nitrogens is 1. The molecule has 0 atom stereocenters. The lowest BCUT2D eigenvalue weighted by Crippen LogP contribution is -2.39. The van der Waals surface area contributed by atoms with Crippen molar-refractivity contribution in [2.24, 2.45) is 0 Å². The monoisotopic (exact) mass is 316 g/mol. The Balaban J connectivity index is 3.17. The molecule has 1 aromatic heterocycles. The zero-order chi connectivity index (χ0) is 14.7. The number of nitrogens with zero attached hydrogens (tertiary/aromatic N) is 2. The van der Waals surface area contributed by atoms with E-state index in [1.54, 1.807) is 6.92 Å². The van der Waals surface area contributed by atoms with Crippen molar-refractivity contribution in [3.8, 4) is 0 Å². The van der Waals surface area contributed by atoms with E-state index in [0.29, 0.717) is 4.31 Å². The summed E-state index contributed by atoms with van der Waals surface area (Å²) in [7, 11) is -4.31. The number of rotatable bonds is 5. The van der Waals surface area contributed by atoms with E-state index in [1.165, 1.54) is 12.3 Å². The lowest BCUT2D eigenvalue weighted by molar-refractivity contribution is -0.136. The summed E-state index contributed by atoms with van der Waals surface area (Å²) in [5.41, 5.74) is 0. The molecule has 0 amide bonds. The Morgan fingerprint density at radius 2 is 2.05 bits per heavy atom. The van der Waals surface area contributed by atoms with Crippen LogP contribution in [0.25, 0.3) is 0 Å². The minimum absolute atomic E-state index is 0.154. The van der Waals surface area contributed by atoms with E-state index >= 15 is 0 Å². The predicted molar refractivity (Wildman–Crippen MR) is 64.4 cm³/mol. The van der Waals surface area contributed by atoms with Gasteiger partial charge in [0.2, 0.25) is 10.0 Å². The Hall–Kier alpha value is -0.860. The Morgan fingerprint density at radius 1 is 1.42 bits per heavy atom. The maximum absolute atomic E-state index is 12.4. The van der Waals surface area contributed by atoms with E-state index in [1.807, 2.05) is 0 Å². The van der Waals surface area contributed by atoms with Crippen LogP contribution in [0.5, 0.6) is 0 Å². The third-order valence-corrected chi connectivity index (χ3v) is 4.49. The first-order valence-electron chi connectivity index (χ1n) is 5.35. The molecule has 0 spiro atoms. The molecule has 19 heavy (non-hydrogen) atoms. The quantitative estimate of drug-likeness (QED) is 0.839. The van der Waals surface area contributed by atoms with Crippen LogP contribution in [0.15, 0.2) is 23.4 Å². The zero-order valence-electron chi connectivity index (χ0n) is 9.98. The summed E-state index contributed by atoms with van der Waals surface area (Å²) in [6.45, 7) is -0.203. The molecule has 0 fully saturated rings. The minimum Gasteiger partial charge on any atom is -0.263 e. The second kappa shape index (κ2) is 6.06. The molecule has 0 aliphatic heterocycles. The highest BCUT2D eigenvalue weighted by molar-refractivity contribution is 7.89. The van der Waals surface area contributed by atoms with Gasteiger partial charge in [0.05, 0.1) is 5.02 Å². The van der Waals surface area contributed by atoms with Crippen molar-refractivity contribution < 1.29 is 21.6 Å². The summed E-state index contributed by atoms with van der Waals surface area (Å²) in [6, 6.07) is 1.21. The summed E-state index contributed by atoms with van der Waals surface area (Å²) in [5.74, 6) is 0. The number of pyridine rings is 1. The summed E-state index contributed by atoms with van der Waals surface area (Å²) in [5, 5.41) is -0.154. The van der Waals surface area contributed by atoms with Crippen molar-refractivity contribution in [1.29, 1.82) is 0 Å². The Labute approximate surface area is 114 Å². The van der Waals surface area contributed by atoms with Crippen LogP contribution in [0.3, 0.4) is 0 Å². The normalized spacial score (nSPS) is 12.9. The molecule has 0 aliphatic rings. The molecule has 0 bridgehead atoms. The van der Waals surface area contributed by atoms with Crippen LogP contribution in [-0.2, 0) is 10.0 Å². The summed E-state index contributed by atoms with van der Waals surface area (Å²) >= 11 is 5.70. The fourth-order valence-electron chi connectivity index (χ4n) is 1.43. The highest BCUT2D eigenvalue weighted by Crippen LogP contribution is 2.26. The lowest BCUT2D eigenvalue weighted by atomic mass is 10.5. The molecule has 0 unspecified atom stereocenters. The van der Waals surface area contributed by atoms with Gasteiger partial charge in [0.1, 0.15) is 11.4 Å². The zero-order valence-corrected chi connectivity index (χ0v) is 11.6. The van der Waals surface area contributed by atoms with Crippen LogP contribution < -0.4 is 0 Å². The number of hydrogen-bond acceptors (Lipinski definition) is 3. The average Bonchev–Trinajstić information content (AvgIpc) is 2.27. The van der Waals surface area contributed by atoms with E-state index in [9.17, 15) is 21.6 Å². The van der Waals surface area contributed by atoms with Crippen LogP contribution in [0.1, 0.15) is 13.3 Å². The van der Waals surface area contributed by atoms with Gasteiger partial charge in [0.25, 0.3) is 0 Å². The molecular weight excluding hydrogens is 305 g/mol. The van der Waals surface area contributed by atoms with Crippen LogP contribution in [0.2, 0.25) is 5.02 Å². The minimum atomic E-state index is -4.61. The summed E-state index contributed by atoms with van der Waals surface area (Å²) in [4.78, 5) is 3.16. The fourth-order valence-corrected chi connectivity index (χ4v) is 3.35. The molecule has 4 nitrogen and oxygen atoms in total. The van der Waals surface area contributed by atoms with E-state index in [2.05, 4.69) is 4.98 Å². The van der Waals surface area contributed by atoms with Crippen molar-refractivity contribution in [3.63, 3.8) is 0 Å². The lowest BCUT2D eigenvalue weighted by Gasteiger charge is -2.23. The Morgan fingerprint density at radius 3 is 2.53 bits per heavy atom. The number of alkyl halides is 3. The molecule has 1 rings (SSSR count). The molecule has 1 heterocycles. The number of hydrogen-bond donors (Lipinski definition) is 0. The van der Waals surface area contributed by atoms with Gasteiger partial charge in [-0.2, -0.15) is 17.5 Å². The predicted octanol–water partition coefficient (Wildman–Crippen LogP) is 2.70. The molecule has 0 saturated heterocycles. The van der Waals surface area contributed by atoms with E-state index in [4.69, 9.17) is 11.6 Å². The third-order valence-electron chi connectivity index (χ3n) is 2.18. The standard InChI is InChI=1S/C10H12ClF3N2O2S/c1-2-5-16(7-10(12,13)14)19(17,18)9-6-15-4-3-8(9)11/h3-4,6H,2,5,7H2,1H3. The van der Waals surface area contributed by atoms with Gasteiger partial charge in [-0.15, -0.1) is 0 Å². The maximum atomic E-state index is 12.4. The number of halogens is 4. The molecular formula is C10H12ClF3N2O2S. The molecule has 108 valence electrons. The third kappa shape index (κ3) is 4.32. The van der Waals surface area contributed by atoms with Crippen molar-refractivity contribution >= 4 is 21.6 Å². The van der Waals surface area contributed by atoms with Gasteiger partial charge in [-0.1, -0.05) is 18.5 Å². The number of sulfonamides is 1. The molecule has 1 aromatic rings. The summed E-state index contributed by atoms with van der Waals surface area (Å²) < 4.78 is 61.9. The smallest absolute Gasteiger partial charge is 0.263 e. The first-order chi connectivity index (χ1) is 8.68. The first kappa shape index (κ1) is 16.2. The van der Waals surface area contributed by atoms with E-state index < -0.39 is 27.6 Å².